The molecule has 3 aliphatic rings. The van der Waals surface area contributed by atoms with E-state index in [1.807, 2.05) is 0 Å². The van der Waals surface area contributed by atoms with E-state index >= 15 is 0 Å². The first kappa shape index (κ1) is 11.4. The van der Waals surface area contributed by atoms with Gasteiger partial charge in [-0.3, -0.25) is 4.79 Å². The van der Waals surface area contributed by atoms with Crippen molar-refractivity contribution >= 4 is 22.3 Å². The van der Waals surface area contributed by atoms with E-state index in [4.69, 9.17) is 9.47 Å². The third-order valence-corrected chi connectivity index (χ3v) is 4.80. The minimum absolute atomic E-state index is 0.285. The highest BCUT2D eigenvalue weighted by atomic mass is 16.7. The number of ketones is 1. The van der Waals surface area contributed by atoms with Gasteiger partial charge < -0.3 is 9.47 Å². The van der Waals surface area contributed by atoms with Crippen LogP contribution in [0.25, 0.3) is 16.5 Å². The summed E-state index contributed by atoms with van der Waals surface area (Å²) in [6, 6.07) is 8.44. The van der Waals surface area contributed by atoms with Crippen molar-refractivity contribution in [2.24, 2.45) is 0 Å². The van der Waals surface area contributed by atoms with Gasteiger partial charge in [0.25, 0.3) is 0 Å². The van der Waals surface area contributed by atoms with Crippen molar-refractivity contribution < 1.29 is 14.3 Å². The van der Waals surface area contributed by atoms with Gasteiger partial charge in [-0.05, 0) is 34.7 Å². The van der Waals surface area contributed by atoms with E-state index in [1.54, 1.807) is 0 Å². The Morgan fingerprint density at radius 3 is 2.81 bits per heavy atom. The van der Waals surface area contributed by atoms with Crippen LogP contribution >= 0.6 is 0 Å². The third-order valence-electron chi connectivity index (χ3n) is 4.80. The molecule has 2 aromatic carbocycles. The fraction of sp³-hybridized carbons (Fsp3) is 0.278. The predicted octanol–water partition coefficient (Wildman–Crippen LogP) is 3.59. The lowest BCUT2D eigenvalue weighted by molar-refractivity contribution is 0.0840. The first-order valence-electron chi connectivity index (χ1n) is 7.43. The maximum absolute atomic E-state index is 12.3. The summed E-state index contributed by atoms with van der Waals surface area (Å²) in [6.07, 6.45) is 3.42. The Balaban J connectivity index is 1.80. The van der Waals surface area contributed by atoms with E-state index in [-0.39, 0.29) is 5.78 Å². The fourth-order valence-corrected chi connectivity index (χ4v) is 3.84. The highest BCUT2D eigenvalue weighted by Crippen LogP contribution is 2.42. The number of aryl methyl sites for hydroxylation is 1. The molecular formula is C18H14O3. The quantitative estimate of drug-likeness (QED) is 0.738. The van der Waals surface area contributed by atoms with E-state index in [2.05, 4.69) is 24.3 Å². The SMILES string of the molecule is O=C1CCCc2ccc3c4c(ccc3c21)C1=C(C4)OCO1. The third kappa shape index (κ3) is 1.41. The molecule has 3 nitrogen and oxygen atoms in total. The smallest absolute Gasteiger partial charge is 0.230 e. The number of rotatable bonds is 0. The Kier molecular flexibility index (Phi) is 2.10. The van der Waals surface area contributed by atoms with Crippen LogP contribution in [0.2, 0.25) is 0 Å². The number of Topliss-reactive ketones (excluding diaryl/α,β-unsaturated/α-hetero) is 1. The number of allylic oxidation sites excluding steroid dienone is 1. The van der Waals surface area contributed by atoms with Gasteiger partial charge in [-0.15, -0.1) is 0 Å². The number of carbonyl (C=O) groups is 1. The summed E-state index contributed by atoms with van der Waals surface area (Å²) in [5.74, 6) is 2.10. The fourth-order valence-electron chi connectivity index (χ4n) is 3.84. The van der Waals surface area contributed by atoms with Crippen LogP contribution in [0.5, 0.6) is 0 Å². The Morgan fingerprint density at radius 2 is 1.86 bits per heavy atom. The molecule has 0 radical (unpaired) electrons. The van der Waals surface area contributed by atoms with Crippen molar-refractivity contribution in [2.45, 2.75) is 25.7 Å². The molecule has 1 aliphatic heterocycles. The molecule has 0 amide bonds. The summed E-state index contributed by atoms with van der Waals surface area (Å²) in [7, 11) is 0. The van der Waals surface area contributed by atoms with E-state index in [0.717, 1.165) is 47.3 Å². The van der Waals surface area contributed by atoms with E-state index < -0.39 is 0 Å². The zero-order chi connectivity index (χ0) is 14.0. The first-order valence-corrected chi connectivity index (χ1v) is 7.43. The molecule has 21 heavy (non-hydrogen) atoms. The second-order valence-corrected chi connectivity index (χ2v) is 5.90. The largest absolute Gasteiger partial charge is 0.458 e. The Morgan fingerprint density at radius 1 is 0.952 bits per heavy atom. The Bertz CT molecular complexity index is 845. The van der Waals surface area contributed by atoms with Gasteiger partial charge in [0.1, 0.15) is 5.76 Å². The van der Waals surface area contributed by atoms with Crippen molar-refractivity contribution in [1.29, 1.82) is 0 Å². The van der Waals surface area contributed by atoms with E-state index in [1.165, 1.54) is 16.5 Å². The summed E-state index contributed by atoms with van der Waals surface area (Å²) in [4.78, 5) is 12.3. The van der Waals surface area contributed by atoms with Crippen LogP contribution in [0.3, 0.4) is 0 Å². The second-order valence-electron chi connectivity index (χ2n) is 5.90. The van der Waals surface area contributed by atoms with Gasteiger partial charge in [0.05, 0.1) is 0 Å². The highest BCUT2D eigenvalue weighted by molar-refractivity contribution is 6.11. The molecular weight excluding hydrogens is 264 g/mol. The lowest BCUT2D eigenvalue weighted by Crippen LogP contribution is -2.11. The summed E-state index contributed by atoms with van der Waals surface area (Å²) in [5.41, 5.74) is 4.50. The van der Waals surface area contributed by atoms with Crippen molar-refractivity contribution in [1.82, 2.24) is 0 Å². The average molecular weight is 278 g/mol. The van der Waals surface area contributed by atoms with Crippen molar-refractivity contribution in [3.63, 3.8) is 0 Å². The molecule has 0 bridgehead atoms. The van der Waals surface area contributed by atoms with Gasteiger partial charge in [-0.2, -0.15) is 0 Å². The maximum atomic E-state index is 12.3. The number of hydrogen-bond donors (Lipinski definition) is 0. The number of ether oxygens (including phenoxy) is 2. The molecule has 0 saturated heterocycles. The topological polar surface area (TPSA) is 35.5 Å². The van der Waals surface area contributed by atoms with Crippen LogP contribution < -0.4 is 0 Å². The highest BCUT2D eigenvalue weighted by Gasteiger charge is 2.31. The molecule has 5 rings (SSSR count). The number of benzene rings is 2. The zero-order valence-corrected chi connectivity index (χ0v) is 11.6. The Hall–Kier alpha value is -2.29. The molecule has 0 N–H and O–H groups in total. The molecule has 0 saturated carbocycles. The second kappa shape index (κ2) is 3.88. The summed E-state index contributed by atoms with van der Waals surface area (Å²) < 4.78 is 11.1. The van der Waals surface area contributed by atoms with Crippen LogP contribution in [0.15, 0.2) is 30.0 Å². The van der Waals surface area contributed by atoms with Crippen LogP contribution in [0.1, 0.15) is 39.9 Å². The minimum Gasteiger partial charge on any atom is -0.458 e. The Labute approximate surface area is 122 Å². The van der Waals surface area contributed by atoms with Crippen molar-refractivity contribution in [3.05, 3.63) is 52.3 Å². The summed E-state index contributed by atoms with van der Waals surface area (Å²) in [5, 5.41) is 2.26. The van der Waals surface area contributed by atoms with Gasteiger partial charge in [0, 0.05) is 24.0 Å². The van der Waals surface area contributed by atoms with E-state index in [9.17, 15) is 4.79 Å². The van der Waals surface area contributed by atoms with Crippen LogP contribution in [0, 0.1) is 0 Å². The lowest BCUT2D eigenvalue weighted by atomic mass is 9.85. The van der Waals surface area contributed by atoms with Crippen molar-refractivity contribution in [2.75, 3.05) is 6.79 Å². The molecule has 0 fully saturated rings. The molecule has 0 aromatic heterocycles. The molecule has 0 atom stereocenters. The first-order chi connectivity index (χ1) is 10.3. The molecule has 2 aromatic rings. The number of carbonyl (C=O) groups excluding carboxylic acids is 1. The molecule has 2 aliphatic carbocycles. The van der Waals surface area contributed by atoms with Crippen LogP contribution in [0.4, 0.5) is 0 Å². The number of hydrogen-bond acceptors (Lipinski definition) is 3. The van der Waals surface area contributed by atoms with Crippen LogP contribution in [-0.2, 0) is 22.3 Å². The lowest BCUT2D eigenvalue weighted by Gasteiger charge is -2.18. The van der Waals surface area contributed by atoms with Gasteiger partial charge in [0.2, 0.25) is 6.79 Å². The van der Waals surface area contributed by atoms with Gasteiger partial charge in [-0.25, -0.2) is 0 Å². The monoisotopic (exact) mass is 278 g/mol. The van der Waals surface area contributed by atoms with Gasteiger partial charge in [0.15, 0.2) is 11.5 Å². The van der Waals surface area contributed by atoms with Gasteiger partial charge in [-0.1, -0.05) is 24.3 Å². The average Bonchev–Trinajstić information content (AvgIpc) is 3.07. The normalized spacial score (nSPS) is 19.1. The minimum atomic E-state index is 0.285. The zero-order valence-electron chi connectivity index (χ0n) is 11.6. The van der Waals surface area contributed by atoms with E-state index in [0.29, 0.717) is 13.2 Å². The van der Waals surface area contributed by atoms with Crippen molar-refractivity contribution in [3.8, 4) is 0 Å². The summed E-state index contributed by atoms with van der Waals surface area (Å²) >= 11 is 0. The molecule has 0 spiro atoms. The standard InChI is InChI=1S/C18H14O3/c19-15-3-1-2-10-4-5-11-12(17(10)15)6-7-13-14(11)8-16-18(13)21-9-20-16/h4-7H,1-3,8-9H2. The van der Waals surface area contributed by atoms with Crippen LogP contribution in [-0.4, -0.2) is 12.6 Å². The molecule has 104 valence electrons. The number of fused-ring (bicyclic) bond motifs is 6. The summed E-state index contributed by atoms with van der Waals surface area (Å²) in [6.45, 7) is 0.324. The predicted molar refractivity (Wildman–Crippen MR) is 78.9 cm³/mol. The molecule has 0 unspecified atom stereocenters. The molecule has 3 heteroatoms. The maximum Gasteiger partial charge on any atom is 0.230 e. The van der Waals surface area contributed by atoms with Gasteiger partial charge >= 0.3 is 0 Å². The molecule has 1 heterocycles.